The Balaban J connectivity index is 3.63. The fourth-order valence-electron chi connectivity index (χ4n) is 1.57. The standard InChI is InChI=1S/C12H27O3P/c1-5-6-7-8-9-10-11-16(13,14)15-12(2,3)4/h5-11H2,1-4H3,(H,13,14). The van der Waals surface area contributed by atoms with E-state index in [0.717, 1.165) is 19.3 Å². The zero-order chi connectivity index (χ0) is 12.7. The van der Waals surface area contributed by atoms with Gasteiger partial charge in [0.1, 0.15) is 0 Å². The van der Waals surface area contributed by atoms with Crippen molar-refractivity contribution in [1.82, 2.24) is 0 Å². The zero-order valence-corrected chi connectivity index (χ0v) is 12.1. The summed E-state index contributed by atoms with van der Waals surface area (Å²) in [5, 5.41) is 0. The van der Waals surface area contributed by atoms with E-state index in [1.807, 2.05) is 0 Å². The van der Waals surface area contributed by atoms with Gasteiger partial charge in [0.2, 0.25) is 0 Å². The molecule has 0 aromatic carbocycles. The number of hydrogen-bond donors (Lipinski definition) is 1. The van der Waals surface area contributed by atoms with Gasteiger partial charge in [0.25, 0.3) is 0 Å². The fourth-order valence-corrected chi connectivity index (χ4v) is 3.14. The van der Waals surface area contributed by atoms with Crippen molar-refractivity contribution in [3.8, 4) is 0 Å². The summed E-state index contributed by atoms with van der Waals surface area (Å²) in [6, 6.07) is 0. The summed E-state index contributed by atoms with van der Waals surface area (Å²) >= 11 is 0. The van der Waals surface area contributed by atoms with Crippen LogP contribution in [0.1, 0.15) is 66.2 Å². The molecule has 0 aliphatic carbocycles. The molecule has 0 saturated heterocycles. The first-order valence-corrected chi connectivity index (χ1v) is 8.06. The largest absolute Gasteiger partial charge is 0.328 e. The topological polar surface area (TPSA) is 46.5 Å². The quantitative estimate of drug-likeness (QED) is 0.514. The van der Waals surface area contributed by atoms with Crippen molar-refractivity contribution in [2.45, 2.75) is 71.8 Å². The van der Waals surface area contributed by atoms with Crippen molar-refractivity contribution in [3.05, 3.63) is 0 Å². The minimum Gasteiger partial charge on any atom is -0.324 e. The lowest BCUT2D eigenvalue weighted by Gasteiger charge is -2.23. The molecular formula is C12H27O3P. The highest BCUT2D eigenvalue weighted by atomic mass is 31.2. The van der Waals surface area contributed by atoms with Crippen LogP contribution in [-0.2, 0) is 9.09 Å². The normalized spacial score (nSPS) is 16.1. The molecule has 4 heteroatoms. The second-order valence-electron chi connectivity index (χ2n) is 5.33. The summed E-state index contributed by atoms with van der Waals surface area (Å²) in [7, 11) is -3.37. The SMILES string of the molecule is CCCCCCCCP(=O)(O)OC(C)(C)C. The molecule has 0 saturated carbocycles. The summed E-state index contributed by atoms with van der Waals surface area (Å²) in [6.07, 6.45) is 6.97. The minimum atomic E-state index is -3.37. The first kappa shape index (κ1) is 16.1. The van der Waals surface area contributed by atoms with Crippen LogP contribution in [0.4, 0.5) is 0 Å². The van der Waals surface area contributed by atoms with Crippen LogP contribution < -0.4 is 0 Å². The molecule has 3 nitrogen and oxygen atoms in total. The molecule has 1 atom stereocenters. The van der Waals surface area contributed by atoms with E-state index in [0.29, 0.717) is 0 Å². The van der Waals surface area contributed by atoms with Gasteiger partial charge in [-0.3, -0.25) is 4.57 Å². The first-order valence-electron chi connectivity index (χ1n) is 6.29. The maximum absolute atomic E-state index is 11.7. The van der Waals surface area contributed by atoms with E-state index in [9.17, 15) is 9.46 Å². The monoisotopic (exact) mass is 250 g/mol. The maximum atomic E-state index is 11.7. The molecule has 0 amide bonds. The molecule has 0 fully saturated rings. The molecule has 0 aromatic rings. The van der Waals surface area contributed by atoms with E-state index in [4.69, 9.17) is 4.52 Å². The predicted molar refractivity (Wildman–Crippen MR) is 68.9 cm³/mol. The van der Waals surface area contributed by atoms with Gasteiger partial charge in [0, 0.05) is 0 Å². The van der Waals surface area contributed by atoms with Crippen LogP contribution in [0.5, 0.6) is 0 Å². The molecule has 0 heterocycles. The Kier molecular flexibility index (Phi) is 7.54. The molecule has 1 N–H and O–H groups in total. The zero-order valence-electron chi connectivity index (χ0n) is 11.2. The summed E-state index contributed by atoms with van der Waals surface area (Å²) in [6.45, 7) is 7.59. The lowest BCUT2D eigenvalue weighted by molar-refractivity contribution is 0.111. The maximum Gasteiger partial charge on any atom is 0.328 e. The molecule has 0 aliphatic heterocycles. The smallest absolute Gasteiger partial charge is 0.324 e. The molecule has 0 aliphatic rings. The minimum absolute atomic E-state index is 0.288. The van der Waals surface area contributed by atoms with Gasteiger partial charge >= 0.3 is 7.60 Å². The predicted octanol–water partition coefficient (Wildman–Crippen LogP) is 4.35. The highest BCUT2D eigenvalue weighted by Gasteiger charge is 2.26. The van der Waals surface area contributed by atoms with Crippen molar-refractivity contribution in [2.75, 3.05) is 6.16 Å². The van der Waals surface area contributed by atoms with Crippen LogP contribution in [0.15, 0.2) is 0 Å². The van der Waals surface area contributed by atoms with Crippen molar-refractivity contribution >= 4 is 7.60 Å². The first-order chi connectivity index (χ1) is 7.27. The Labute approximate surface area is 100 Å². The van der Waals surface area contributed by atoms with E-state index >= 15 is 0 Å². The van der Waals surface area contributed by atoms with Crippen molar-refractivity contribution < 1.29 is 14.0 Å². The Morgan fingerprint density at radius 3 is 2.06 bits per heavy atom. The summed E-state index contributed by atoms with van der Waals surface area (Å²) < 4.78 is 16.8. The summed E-state index contributed by atoms with van der Waals surface area (Å²) in [5.74, 6) is 0. The molecular weight excluding hydrogens is 223 g/mol. The molecule has 0 bridgehead atoms. The van der Waals surface area contributed by atoms with Crippen molar-refractivity contribution in [1.29, 1.82) is 0 Å². The van der Waals surface area contributed by atoms with E-state index < -0.39 is 13.2 Å². The van der Waals surface area contributed by atoms with E-state index in [2.05, 4.69) is 6.92 Å². The molecule has 0 radical (unpaired) electrons. The van der Waals surface area contributed by atoms with E-state index in [1.165, 1.54) is 19.3 Å². The highest BCUT2D eigenvalue weighted by molar-refractivity contribution is 7.52. The van der Waals surface area contributed by atoms with Crippen LogP contribution in [-0.4, -0.2) is 16.7 Å². The van der Waals surface area contributed by atoms with Crippen LogP contribution in [0.2, 0.25) is 0 Å². The van der Waals surface area contributed by atoms with E-state index in [-0.39, 0.29) is 6.16 Å². The molecule has 0 rings (SSSR count). The molecule has 98 valence electrons. The second-order valence-corrected chi connectivity index (χ2v) is 7.24. The number of rotatable bonds is 8. The lowest BCUT2D eigenvalue weighted by atomic mass is 10.1. The number of unbranched alkanes of at least 4 members (excludes halogenated alkanes) is 5. The van der Waals surface area contributed by atoms with Gasteiger partial charge in [-0.2, -0.15) is 0 Å². The third kappa shape index (κ3) is 10.7. The average molecular weight is 250 g/mol. The lowest BCUT2D eigenvalue weighted by Crippen LogP contribution is -2.18. The van der Waals surface area contributed by atoms with Gasteiger partial charge < -0.3 is 9.42 Å². The van der Waals surface area contributed by atoms with Crippen LogP contribution >= 0.6 is 7.60 Å². The van der Waals surface area contributed by atoms with Gasteiger partial charge in [-0.25, -0.2) is 0 Å². The van der Waals surface area contributed by atoms with E-state index in [1.54, 1.807) is 20.8 Å². The van der Waals surface area contributed by atoms with Crippen LogP contribution in [0.3, 0.4) is 0 Å². The van der Waals surface area contributed by atoms with Crippen LogP contribution in [0.25, 0.3) is 0 Å². The third-order valence-corrected chi connectivity index (χ3v) is 3.93. The van der Waals surface area contributed by atoms with Crippen molar-refractivity contribution in [3.63, 3.8) is 0 Å². The molecule has 16 heavy (non-hydrogen) atoms. The van der Waals surface area contributed by atoms with Gasteiger partial charge in [0.15, 0.2) is 0 Å². The van der Waals surface area contributed by atoms with Gasteiger partial charge in [-0.15, -0.1) is 0 Å². The summed E-state index contributed by atoms with van der Waals surface area (Å²) in [5.41, 5.74) is -0.535. The molecule has 1 unspecified atom stereocenters. The van der Waals surface area contributed by atoms with Crippen LogP contribution in [0, 0.1) is 0 Å². The highest BCUT2D eigenvalue weighted by Crippen LogP contribution is 2.46. The third-order valence-electron chi connectivity index (χ3n) is 2.21. The number of hydrogen-bond acceptors (Lipinski definition) is 2. The fraction of sp³-hybridized carbons (Fsp3) is 1.00. The Bertz CT molecular complexity index is 221. The summed E-state index contributed by atoms with van der Waals surface area (Å²) in [4.78, 5) is 9.59. The van der Waals surface area contributed by atoms with Crippen molar-refractivity contribution in [2.24, 2.45) is 0 Å². The second kappa shape index (κ2) is 7.47. The molecule has 0 spiro atoms. The van der Waals surface area contributed by atoms with Gasteiger partial charge in [0.05, 0.1) is 11.8 Å². The Morgan fingerprint density at radius 1 is 1.06 bits per heavy atom. The Hall–Kier alpha value is 0.150. The van der Waals surface area contributed by atoms with Gasteiger partial charge in [-0.05, 0) is 27.2 Å². The average Bonchev–Trinajstić information content (AvgIpc) is 2.06. The Morgan fingerprint density at radius 2 is 1.56 bits per heavy atom. The van der Waals surface area contributed by atoms with Gasteiger partial charge in [-0.1, -0.05) is 39.0 Å². The molecule has 0 aromatic heterocycles.